The van der Waals surface area contributed by atoms with Crippen molar-refractivity contribution in [2.45, 2.75) is 13.0 Å². The van der Waals surface area contributed by atoms with Crippen molar-refractivity contribution in [3.05, 3.63) is 0 Å². The average Bonchev–Trinajstić information content (AvgIpc) is 1.60. The van der Waals surface area contributed by atoms with E-state index < -0.39 is 16.2 Å². The van der Waals surface area contributed by atoms with E-state index in [4.69, 9.17) is 0 Å². The highest BCUT2D eigenvalue weighted by atomic mass is 127. The second-order valence-corrected chi connectivity index (χ2v) is 4.41. The maximum atomic E-state index is 10.4. The van der Waals surface area contributed by atoms with Gasteiger partial charge < -0.3 is 0 Å². The molecule has 0 heterocycles. The van der Waals surface area contributed by atoms with Crippen molar-refractivity contribution in [2.75, 3.05) is 6.26 Å². The number of carbonyl (C=O) groups excluding carboxylic acids is 1. The maximum Gasteiger partial charge on any atom is 0.265 e. The van der Waals surface area contributed by atoms with E-state index >= 15 is 0 Å². The summed E-state index contributed by atoms with van der Waals surface area (Å²) in [6.07, 6.45) is 0.0268. The van der Waals surface area contributed by atoms with Gasteiger partial charge in [-0.3, -0.25) is 8.98 Å². The number of hydrogen-bond acceptors (Lipinski definition) is 4. The molecule has 0 N–H and O–H groups in total. The van der Waals surface area contributed by atoms with Crippen molar-refractivity contribution in [2.24, 2.45) is 0 Å². The van der Waals surface area contributed by atoms with Crippen LogP contribution in [0.15, 0.2) is 0 Å². The molecule has 0 aromatic heterocycles. The minimum absolute atomic E-state index is 0.331. The van der Waals surface area contributed by atoms with Crippen LogP contribution in [0.2, 0.25) is 0 Å². The second-order valence-electron chi connectivity index (χ2n) is 1.75. The molecule has 60 valence electrons. The van der Waals surface area contributed by atoms with Gasteiger partial charge in [0.25, 0.3) is 10.1 Å². The highest BCUT2D eigenvalue weighted by Crippen LogP contribution is 2.02. The van der Waals surface area contributed by atoms with Crippen LogP contribution in [-0.4, -0.2) is 24.6 Å². The molecule has 0 unspecified atom stereocenters. The molecule has 0 saturated carbocycles. The summed E-state index contributed by atoms with van der Waals surface area (Å²) in [5.41, 5.74) is 0. The van der Waals surface area contributed by atoms with Crippen LogP contribution >= 0.6 is 22.6 Å². The summed E-state index contributed by atoms with van der Waals surface area (Å²) in [5, 5.41) is 0. The maximum absolute atomic E-state index is 10.4. The van der Waals surface area contributed by atoms with E-state index in [1.165, 1.54) is 29.5 Å². The molecule has 0 spiro atoms. The molecule has 0 aliphatic rings. The molecule has 0 radical (unpaired) electrons. The zero-order chi connectivity index (χ0) is 8.36. The Hall–Kier alpha value is 0.310. The molecule has 0 aromatic carbocycles. The van der Waals surface area contributed by atoms with Crippen LogP contribution in [0.5, 0.6) is 0 Å². The number of carbonyl (C=O) groups is 1. The third-order valence-electron chi connectivity index (χ3n) is 0.639. The SMILES string of the molecule is C[C@@H](OS(C)(=O)=O)C(=O)I. The summed E-state index contributed by atoms with van der Waals surface area (Å²) in [6, 6.07) is 0. The van der Waals surface area contributed by atoms with Crippen molar-refractivity contribution < 1.29 is 17.4 Å². The number of rotatable bonds is 3. The van der Waals surface area contributed by atoms with Crippen LogP contribution in [0.25, 0.3) is 0 Å². The third kappa shape index (κ3) is 5.12. The first-order valence-electron chi connectivity index (χ1n) is 2.40. The Balaban J connectivity index is 4.06. The fraction of sp³-hybridized carbons (Fsp3) is 0.750. The fourth-order valence-electron chi connectivity index (χ4n) is 0.300. The van der Waals surface area contributed by atoms with Gasteiger partial charge in [0.05, 0.1) is 6.26 Å². The zero-order valence-corrected chi connectivity index (χ0v) is 8.47. The molecule has 10 heavy (non-hydrogen) atoms. The summed E-state index contributed by atoms with van der Waals surface area (Å²) in [4.78, 5) is 10.4. The molecule has 0 fully saturated rings. The minimum Gasteiger partial charge on any atom is -0.285 e. The van der Waals surface area contributed by atoms with E-state index in [9.17, 15) is 13.2 Å². The van der Waals surface area contributed by atoms with Gasteiger partial charge in [0.15, 0.2) is 0 Å². The Morgan fingerprint density at radius 1 is 1.60 bits per heavy atom. The molecule has 4 nitrogen and oxygen atoms in total. The average molecular weight is 278 g/mol. The summed E-state index contributed by atoms with van der Waals surface area (Å²) >= 11 is 1.48. The van der Waals surface area contributed by atoms with Crippen molar-refractivity contribution in [1.82, 2.24) is 0 Å². The molecule has 0 aliphatic carbocycles. The minimum atomic E-state index is -3.49. The standard InChI is InChI=1S/C4H7IO4S/c1-3(4(5)6)9-10(2,7)8/h3H,1-2H3/t3-/m1/s1. The van der Waals surface area contributed by atoms with Gasteiger partial charge in [0, 0.05) is 22.6 Å². The lowest BCUT2D eigenvalue weighted by atomic mass is 10.5. The van der Waals surface area contributed by atoms with E-state index in [2.05, 4.69) is 4.18 Å². The first-order valence-corrected chi connectivity index (χ1v) is 5.30. The molecule has 0 amide bonds. The molecular formula is C4H7IO4S. The Labute approximate surface area is 73.2 Å². The van der Waals surface area contributed by atoms with Crippen molar-refractivity contribution >= 4 is 36.5 Å². The van der Waals surface area contributed by atoms with Gasteiger partial charge in [-0.25, -0.2) is 0 Å². The molecule has 0 rings (SSSR count). The summed E-state index contributed by atoms with van der Waals surface area (Å²) < 4.78 is 24.7. The zero-order valence-electron chi connectivity index (χ0n) is 5.50. The molecule has 0 aliphatic heterocycles. The first-order chi connectivity index (χ1) is 4.33. The van der Waals surface area contributed by atoms with Crippen molar-refractivity contribution in [3.8, 4) is 0 Å². The molecular weight excluding hydrogens is 271 g/mol. The number of halogens is 1. The predicted octanol–water partition coefficient (Wildman–Crippen LogP) is 0.313. The normalized spacial score (nSPS) is 14.7. The van der Waals surface area contributed by atoms with E-state index in [0.29, 0.717) is 0 Å². The monoisotopic (exact) mass is 278 g/mol. The number of hydrogen-bond donors (Lipinski definition) is 0. The van der Waals surface area contributed by atoms with Gasteiger partial charge in [-0.1, -0.05) is 0 Å². The highest BCUT2D eigenvalue weighted by molar-refractivity contribution is 14.1. The van der Waals surface area contributed by atoms with Gasteiger partial charge in [-0.05, 0) is 6.92 Å². The van der Waals surface area contributed by atoms with Gasteiger partial charge in [-0.2, -0.15) is 8.42 Å². The van der Waals surface area contributed by atoms with Crippen LogP contribution in [0.4, 0.5) is 0 Å². The molecule has 0 aromatic rings. The predicted molar refractivity (Wildman–Crippen MR) is 44.4 cm³/mol. The summed E-state index contributed by atoms with van der Waals surface area (Å²) in [5.74, 6) is 0. The lowest BCUT2D eigenvalue weighted by Gasteiger charge is -2.03. The van der Waals surface area contributed by atoms with Crippen LogP contribution in [0.1, 0.15) is 6.92 Å². The van der Waals surface area contributed by atoms with Crippen molar-refractivity contribution in [1.29, 1.82) is 0 Å². The van der Waals surface area contributed by atoms with Crippen molar-refractivity contribution in [3.63, 3.8) is 0 Å². The Morgan fingerprint density at radius 3 is 2.10 bits per heavy atom. The molecule has 6 heteroatoms. The van der Waals surface area contributed by atoms with Crippen LogP contribution in [0.3, 0.4) is 0 Å². The third-order valence-corrected chi connectivity index (χ3v) is 2.15. The van der Waals surface area contributed by atoms with E-state index in [-0.39, 0.29) is 3.79 Å². The summed E-state index contributed by atoms with van der Waals surface area (Å²) in [7, 11) is -3.49. The highest BCUT2D eigenvalue weighted by Gasteiger charge is 2.14. The Morgan fingerprint density at radius 2 is 2.00 bits per heavy atom. The molecule has 1 atom stereocenters. The van der Waals surface area contributed by atoms with Crippen LogP contribution < -0.4 is 0 Å². The molecule has 0 saturated heterocycles. The Kier molecular flexibility index (Phi) is 3.74. The van der Waals surface area contributed by atoms with E-state index in [1.807, 2.05) is 0 Å². The lowest BCUT2D eigenvalue weighted by Crippen LogP contribution is -2.19. The van der Waals surface area contributed by atoms with E-state index in [1.54, 1.807) is 0 Å². The fourth-order valence-corrected chi connectivity index (χ4v) is 1.21. The Bertz CT molecular complexity index is 219. The van der Waals surface area contributed by atoms with E-state index in [0.717, 1.165) is 6.26 Å². The van der Waals surface area contributed by atoms with Crippen LogP contribution in [0, 0.1) is 0 Å². The quantitative estimate of drug-likeness (QED) is 0.423. The molecule has 0 bridgehead atoms. The lowest BCUT2D eigenvalue weighted by molar-refractivity contribution is -0.114. The van der Waals surface area contributed by atoms with Gasteiger partial charge in [0.2, 0.25) is 3.79 Å². The first kappa shape index (κ1) is 10.3. The largest absolute Gasteiger partial charge is 0.285 e. The smallest absolute Gasteiger partial charge is 0.265 e. The van der Waals surface area contributed by atoms with Gasteiger partial charge in [0.1, 0.15) is 6.10 Å². The van der Waals surface area contributed by atoms with Gasteiger partial charge >= 0.3 is 0 Å². The topological polar surface area (TPSA) is 60.4 Å². The second kappa shape index (κ2) is 3.63. The summed E-state index contributed by atoms with van der Waals surface area (Å²) in [6.45, 7) is 1.38. The van der Waals surface area contributed by atoms with Gasteiger partial charge in [-0.15, -0.1) is 0 Å². The van der Waals surface area contributed by atoms with Crippen LogP contribution in [-0.2, 0) is 19.1 Å².